The minimum Gasteiger partial charge on any atom is -0.347 e. The second-order valence-corrected chi connectivity index (χ2v) is 4.72. The Morgan fingerprint density at radius 2 is 2.36 bits per heavy atom. The van der Waals surface area contributed by atoms with Gasteiger partial charge in [0.05, 0.1) is 5.56 Å². The Bertz CT molecular complexity index is 374. The summed E-state index contributed by atoms with van der Waals surface area (Å²) in [5.41, 5.74) is 0.674. The summed E-state index contributed by atoms with van der Waals surface area (Å²) in [5.74, 6) is -0.0284. The lowest BCUT2D eigenvalue weighted by atomic mass is 10.2. The number of aromatic nitrogens is 1. The van der Waals surface area contributed by atoms with Crippen LogP contribution in [0, 0.1) is 0 Å². The average molecular weight is 255 g/mol. The molecule has 1 N–H and O–H groups in total. The summed E-state index contributed by atoms with van der Waals surface area (Å²) in [5, 5.41) is 2.99. The summed E-state index contributed by atoms with van der Waals surface area (Å²) in [6.45, 7) is 2.06. The summed E-state index contributed by atoms with van der Waals surface area (Å²) < 4.78 is 0.738. The molecular weight excluding hydrogens is 244 g/mol. The average Bonchev–Trinajstić information content (AvgIpc) is 2.84. The van der Waals surface area contributed by atoms with E-state index in [4.69, 9.17) is 0 Å². The number of pyridine rings is 1. The zero-order valence-corrected chi connectivity index (χ0v) is 9.47. The molecule has 0 aromatic carbocycles. The van der Waals surface area contributed by atoms with E-state index in [1.165, 1.54) is 0 Å². The van der Waals surface area contributed by atoms with Crippen molar-refractivity contribution in [2.75, 3.05) is 0 Å². The molecule has 3 nitrogen and oxygen atoms in total. The summed E-state index contributed by atoms with van der Waals surface area (Å²) in [7, 11) is 0. The Kier molecular flexibility index (Phi) is 2.31. The van der Waals surface area contributed by atoms with Crippen LogP contribution in [0.2, 0.25) is 0 Å². The van der Waals surface area contributed by atoms with E-state index in [0.717, 1.165) is 17.3 Å². The molecule has 1 heterocycles. The molecule has 14 heavy (non-hydrogen) atoms. The zero-order chi connectivity index (χ0) is 10.2. The van der Waals surface area contributed by atoms with Crippen LogP contribution in [0.4, 0.5) is 0 Å². The van der Waals surface area contributed by atoms with Gasteiger partial charge in [0.25, 0.3) is 5.91 Å². The van der Waals surface area contributed by atoms with Gasteiger partial charge in [0, 0.05) is 22.4 Å². The third-order valence-electron chi connectivity index (χ3n) is 2.43. The minimum absolute atomic E-state index is 0.0276. The van der Waals surface area contributed by atoms with Gasteiger partial charge in [0.15, 0.2) is 0 Å². The molecule has 1 aliphatic rings. The van der Waals surface area contributed by atoms with Crippen molar-refractivity contribution in [3.05, 3.63) is 28.5 Å². The normalized spacial score (nSPS) is 17.6. The molecule has 1 fully saturated rings. The maximum atomic E-state index is 11.8. The molecule has 0 aliphatic heterocycles. The van der Waals surface area contributed by atoms with Gasteiger partial charge in [0.1, 0.15) is 0 Å². The lowest BCUT2D eigenvalue weighted by Crippen LogP contribution is -2.34. The highest BCUT2D eigenvalue weighted by molar-refractivity contribution is 9.10. The van der Waals surface area contributed by atoms with Gasteiger partial charge in [-0.05, 0) is 41.8 Å². The van der Waals surface area contributed by atoms with E-state index >= 15 is 0 Å². The summed E-state index contributed by atoms with van der Waals surface area (Å²) in [6, 6.07) is 1.71. The molecule has 2 rings (SSSR count). The molecule has 1 saturated carbocycles. The highest BCUT2D eigenvalue weighted by Gasteiger charge is 2.38. The molecule has 0 atom stereocenters. The smallest absolute Gasteiger partial charge is 0.252 e. The SMILES string of the molecule is CC1(NC(=O)c2ccncc2Br)CC1. The van der Waals surface area contributed by atoms with Gasteiger partial charge in [-0.15, -0.1) is 0 Å². The number of hydrogen-bond donors (Lipinski definition) is 1. The number of carbonyl (C=O) groups excluding carboxylic acids is 1. The van der Waals surface area contributed by atoms with Crippen molar-refractivity contribution in [1.29, 1.82) is 0 Å². The monoisotopic (exact) mass is 254 g/mol. The van der Waals surface area contributed by atoms with Crippen molar-refractivity contribution in [2.45, 2.75) is 25.3 Å². The molecule has 1 aliphatic carbocycles. The van der Waals surface area contributed by atoms with Crippen LogP contribution in [-0.2, 0) is 0 Å². The van der Waals surface area contributed by atoms with E-state index in [1.54, 1.807) is 18.5 Å². The van der Waals surface area contributed by atoms with Crippen molar-refractivity contribution in [1.82, 2.24) is 10.3 Å². The van der Waals surface area contributed by atoms with Crippen LogP contribution < -0.4 is 5.32 Å². The molecular formula is C10H11BrN2O. The first-order valence-corrected chi connectivity index (χ1v) is 5.32. The quantitative estimate of drug-likeness (QED) is 0.879. The Balaban J connectivity index is 2.15. The second-order valence-electron chi connectivity index (χ2n) is 3.87. The molecule has 1 aromatic heterocycles. The van der Waals surface area contributed by atoms with Gasteiger partial charge in [-0.1, -0.05) is 0 Å². The lowest BCUT2D eigenvalue weighted by Gasteiger charge is -2.11. The second kappa shape index (κ2) is 3.35. The molecule has 0 spiro atoms. The first-order valence-electron chi connectivity index (χ1n) is 4.53. The van der Waals surface area contributed by atoms with Gasteiger partial charge in [-0.25, -0.2) is 0 Å². The minimum atomic E-state index is -0.0284. The number of halogens is 1. The zero-order valence-electron chi connectivity index (χ0n) is 7.88. The third kappa shape index (κ3) is 1.95. The van der Waals surface area contributed by atoms with Crippen molar-refractivity contribution < 1.29 is 4.79 Å². The van der Waals surface area contributed by atoms with Crippen LogP contribution in [0.25, 0.3) is 0 Å². The molecule has 0 saturated heterocycles. The summed E-state index contributed by atoms with van der Waals surface area (Å²) in [4.78, 5) is 15.7. The van der Waals surface area contributed by atoms with Gasteiger partial charge >= 0.3 is 0 Å². The molecule has 0 radical (unpaired) electrons. The maximum Gasteiger partial charge on any atom is 0.252 e. The fraction of sp³-hybridized carbons (Fsp3) is 0.400. The largest absolute Gasteiger partial charge is 0.347 e. The standard InChI is InChI=1S/C10H11BrN2O/c1-10(3-4-10)13-9(14)7-2-5-12-6-8(7)11/h2,5-6H,3-4H2,1H3,(H,13,14). The fourth-order valence-electron chi connectivity index (χ4n) is 1.21. The van der Waals surface area contributed by atoms with Crippen LogP contribution in [0.1, 0.15) is 30.1 Å². The fourth-order valence-corrected chi connectivity index (χ4v) is 1.64. The lowest BCUT2D eigenvalue weighted by molar-refractivity contribution is 0.0934. The Morgan fingerprint density at radius 3 is 2.93 bits per heavy atom. The predicted octanol–water partition coefficient (Wildman–Crippen LogP) is 2.13. The molecule has 0 bridgehead atoms. The number of amides is 1. The molecule has 74 valence electrons. The summed E-state index contributed by atoms with van der Waals surface area (Å²) in [6.07, 6.45) is 5.39. The van der Waals surface area contributed by atoms with E-state index in [-0.39, 0.29) is 11.4 Å². The molecule has 1 aromatic rings. The van der Waals surface area contributed by atoms with Gasteiger partial charge in [-0.3, -0.25) is 9.78 Å². The maximum absolute atomic E-state index is 11.8. The Hall–Kier alpha value is -0.900. The van der Waals surface area contributed by atoms with Crippen LogP contribution in [-0.4, -0.2) is 16.4 Å². The van der Waals surface area contributed by atoms with Gasteiger partial charge in [-0.2, -0.15) is 0 Å². The van der Waals surface area contributed by atoms with E-state index in [9.17, 15) is 4.79 Å². The molecule has 1 amide bonds. The van der Waals surface area contributed by atoms with Crippen molar-refractivity contribution in [3.8, 4) is 0 Å². The van der Waals surface area contributed by atoms with Crippen molar-refractivity contribution in [3.63, 3.8) is 0 Å². The summed E-state index contributed by atoms with van der Waals surface area (Å²) >= 11 is 3.30. The van der Waals surface area contributed by atoms with Crippen molar-refractivity contribution >= 4 is 21.8 Å². The first-order chi connectivity index (χ1) is 6.61. The van der Waals surface area contributed by atoms with Gasteiger partial charge in [0.2, 0.25) is 0 Å². The van der Waals surface area contributed by atoms with E-state index < -0.39 is 0 Å². The van der Waals surface area contributed by atoms with Crippen molar-refractivity contribution in [2.24, 2.45) is 0 Å². The highest BCUT2D eigenvalue weighted by atomic mass is 79.9. The highest BCUT2D eigenvalue weighted by Crippen LogP contribution is 2.34. The van der Waals surface area contributed by atoms with E-state index in [2.05, 4.69) is 33.2 Å². The Labute approximate surface area is 91.0 Å². The molecule has 0 unspecified atom stereocenters. The molecule has 4 heteroatoms. The third-order valence-corrected chi connectivity index (χ3v) is 3.06. The Morgan fingerprint density at radius 1 is 1.64 bits per heavy atom. The predicted molar refractivity (Wildman–Crippen MR) is 57.0 cm³/mol. The van der Waals surface area contributed by atoms with E-state index in [0.29, 0.717) is 5.56 Å². The first kappa shape index (κ1) is 9.65. The number of nitrogens with zero attached hydrogens (tertiary/aromatic N) is 1. The number of hydrogen-bond acceptors (Lipinski definition) is 2. The van der Waals surface area contributed by atoms with E-state index in [1.807, 2.05) is 0 Å². The van der Waals surface area contributed by atoms with Crippen LogP contribution in [0.3, 0.4) is 0 Å². The van der Waals surface area contributed by atoms with Gasteiger partial charge < -0.3 is 5.32 Å². The van der Waals surface area contributed by atoms with Crippen LogP contribution in [0.15, 0.2) is 22.9 Å². The van der Waals surface area contributed by atoms with Crippen LogP contribution >= 0.6 is 15.9 Å². The topological polar surface area (TPSA) is 42.0 Å². The number of carbonyl (C=O) groups is 1. The number of rotatable bonds is 2. The van der Waals surface area contributed by atoms with Crippen LogP contribution in [0.5, 0.6) is 0 Å². The number of nitrogens with one attached hydrogen (secondary N) is 1.